The van der Waals surface area contributed by atoms with Crippen LogP contribution in [0.3, 0.4) is 0 Å². The molecule has 1 aromatic rings. The SMILES string of the molecule is CCCCC(CC)CSc1nnnn1CCNC1CC1. The molecule has 114 valence electrons. The summed E-state index contributed by atoms with van der Waals surface area (Å²) in [5.74, 6) is 1.92. The molecule has 1 aliphatic rings. The molecule has 1 saturated carbocycles. The normalized spacial score (nSPS) is 16.5. The minimum atomic E-state index is 0.751. The zero-order valence-corrected chi connectivity index (χ0v) is 13.5. The first-order valence-corrected chi connectivity index (χ1v) is 8.94. The number of hydrogen-bond acceptors (Lipinski definition) is 5. The molecule has 1 aliphatic carbocycles. The van der Waals surface area contributed by atoms with Gasteiger partial charge in [0.2, 0.25) is 5.16 Å². The molecule has 1 unspecified atom stereocenters. The van der Waals surface area contributed by atoms with E-state index in [1.165, 1.54) is 38.5 Å². The summed E-state index contributed by atoms with van der Waals surface area (Å²) in [6, 6.07) is 0.751. The molecule has 1 atom stereocenters. The van der Waals surface area contributed by atoms with Gasteiger partial charge in [-0.3, -0.25) is 0 Å². The Kier molecular flexibility index (Phi) is 6.79. The van der Waals surface area contributed by atoms with Gasteiger partial charge in [0.05, 0.1) is 6.54 Å². The largest absolute Gasteiger partial charge is 0.312 e. The maximum absolute atomic E-state index is 4.15. The Morgan fingerprint density at radius 2 is 2.25 bits per heavy atom. The summed E-state index contributed by atoms with van der Waals surface area (Å²) in [5.41, 5.74) is 0. The van der Waals surface area contributed by atoms with Crippen LogP contribution in [0.2, 0.25) is 0 Å². The predicted octanol–water partition coefficient (Wildman–Crippen LogP) is 2.73. The number of nitrogens with one attached hydrogen (secondary N) is 1. The standard InChI is InChI=1S/C14H27N5S/c1-3-5-6-12(4-2)11-20-14-16-17-18-19(14)10-9-15-13-7-8-13/h12-13,15H,3-11H2,1-2H3. The van der Waals surface area contributed by atoms with Gasteiger partial charge in [-0.05, 0) is 35.6 Å². The number of aromatic nitrogens is 4. The van der Waals surface area contributed by atoms with E-state index in [0.29, 0.717) is 0 Å². The van der Waals surface area contributed by atoms with Crippen molar-refractivity contribution in [3.05, 3.63) is 0 Å². The summed E-state index contributed by atoms with van der Waals surface area (Å²) in [5, 5.41) is 16.5. The highest BCUT2D eigenvalue weighted by atomic mass is 32.2. The van der Waals surface area contributed by atoms with Crippen molar-refractivity contribution in [3.8, 4) is 0 Å². The fourth-order valence-electron chi connectivity index (χ4n) is 2.19. The molecule has 0 saturated heterocycles. The average molecular weight is 297 g/mol. The van der Waals surface area contributed by atoms with E-state index in [1.54, 1.807) is 0 Å². The predicted molar refractivity (Wildman–Crippen MR) is 82.9 cm³/mol. The lowest BCUT2D eigenvalue weighted by molar-refractivity contribution is 0.494. The van der Waals surface area contributed by atoms with E-state index in [9.17, 15) is 0 Å². The number of thioether (sulfide) groups is 1. The summed E-state index contributed by atoms with van der Waals surface area (Å²) in [4.78, 5) is 0. The minimum Gasteiger partial charge on any atom is -0.312 e. The van der Waals surface area contributed by atoms with Gasteiger partial charge in [0.1, 0.15) is 0 Å². The summed E-state index contributed by atoms with van der Waals surface area (Å²) in [7, 11) is 0. The molecule has 0 aliphatic heterocycles. The van der Waals surface area contributed by atoms with E-state index in [4.69, 9.17) is 0 Å². The monoisotopic (exact) mass is 297 g/mol. The topological polar surface area (TPSA) is 55.6 Å². The second-order valence-electron chi connectivity index (χ2n) is 5.64. The molecule has 0 spiro atoms. The lowest BCUT2D eigenvalue weighted by Gasteiger charge is -2.13. The van der Waals surface area contributed by atoms with Crippen molar-refractivity contribution in [1.82, 2.24) is 25.5 Å². The highest BCUT2D eigenvalue weighted by molar-refractivity contribution is 7.99. The van der Waals surface area contributed by atoms with Crippen LogP contribution in [-0.4, -0.2) is 38.5 Å². The van der Waals surface area contributed by atoms with Gasteiger partial charge in [-0.25, -0.2) is 4.68 Å². The van der Waals surface area contributed by atoms with E-state index >= 15 is 0 Å². The van der Waals surface area contributed by atoms with Gasteiger partial charge in [-0.1, -0.05) is 44.9 Å². The van der Waals surface area contributed by atoms with Crippen LogP contribution in [0.25, 0.3) is 0 Å². The third-order valence-corrected chi connectivity index (χ3v) is 5.01. The zero-order valence-electron chi connectivity index (χ0n) is 12.7. The Hall–Kier alpha value is -0.620. The van der Waals surface area contributed by atoms with Gasteiger partial charge in [0.25, 0.3) is 0 Å². The van der Waals surface area contributed by atoms with Crippen molar-refractivity contribution in [2.75, 3.05) is 12.3 Å². The minimum absolute atomic E-state index is 0.751. The van der Waals surface area contributed by atoms with Gasteiger partial charge in [0.15, 0.2) is 0 Å². The van der Waals surface area contributed by atoms with E-state index in [2.05, 4.69) is 34.7 Å². The Balaban J connectivity index is 1.71. The van der Waals surface area contributed by atoms with Gasteiger partial charge in [-0.15, -0.1) is 5.10 Å². The number of rotatable bonds is 11. The highest BCUT2D eigenvalue weighted by Gasteiger charge is 2.20. The number of unbranched alkanes of at least 4 members (excludes halogenated alkanes) is 1. The van der Waals surface area contributed by atoms with Gasteiger partial charge in [0, 0.05) is 18.3 Å². The van der Waals surface area contributed by atoms with Crippen molar-refractivity contribution >= 4 is 11.8 Å². The van der Waals surface area contributed by atoms with Crippen molar-refractivity contribution in [1.29, 1.82) is 0 Å². The van der Waals surface area contributed by atoms with Gasteiger partial charge in [-0.2, -0.15) is 0 Å². The Morgan fingerprint density at radius 1 is 1.40 bits per heavy atom. The average Bonchev–Trinajstić information content (AvgIpc) is 3.18. The van der Waals surface area contributed by atoms with Gasteiger partial charge >= 0.3 is 0 Å². The van der Waals surface area contributed by atoms with Crippen LogP contribution >= 0.6 is 11.8 Å². The molecule has 5 nitrogen and oxygen atoms in total. The summed E-state index contributed by atoms with van der Waals surface area (Å²) >= 11 is 1.81. The maximum Gasteiger partial charge on any atom is 0.209 e. The van der Waals surface area contributed by atoms with Crippen molar-refractivity contribution in [3.63, 3.8) is 0 Å². The molecule has 6 heteroatoms. The van der Waals surface area contributed by atoms with Crippen molar-refractivity contribution < 1.29 is 0 Å². The molecule has 2 rings (SSSR count). The molecular formula is C14H27N5S. The van der Waals surface area contributed by atoms with Crippen LogP contribution in [0.15, 0.2) is 5.16 Å². The third-order valence-electron chi connectivity index (χ3n) is 3.82. The van der Waals surface area contributed by atoms with Crippen LogP contribution in [0.1, 0.15) is 52.4 Å². The smallest absolute Gasteiger partial charge is 0.209 e. The third kappa shape index (κ3) is 5.40. The molecule has 1 aromatic heterocycles. The second-order valence-corrected chi connectivity index (χ2v) is 6.63. The Morgan fingerprint density at radius 3 is 2.95 bits per heavy atom. The van der Waals surface area contributed by atoms with Crippen LogP contribution in [0, 0.1) is 5.92 Å². The molecule has 20 heavy (non-hydrogen) atoms. The molecule has 0 aromatic carbocycles. The van der Waals surface area contributed by atoms with Gasteiger partial charge < -0.3 is 5.32 Å². The van der Waals surface area contributed by atoms with E-state index in [-0.39, 0.29) is 0 Å². The summed E-state index contributed by atoms with van der Waals surface area (Å²) < 4.78 is 1.94. The van der Waals surface area contributed by atoms with Crippen LogP contribution in [0.5, 0.6) is 0 Å². The fourth-order valence-corrected chi connectivity index (χ4v) is 3.35. The molecular weight excluding hydrogens is 270 g/mol. The first-order chi connectivity index (χ1) is 9.83. The molecule has 1 heterocycles. The van der Waals surface area contributed by atoms with Crippen LogP contribution in [-0.2, 0) is 6.54 Å². The first kappa shape index (κ1) is 15.8. The number of nitrogens with zero attached hydrogens (tertiary/aromatic N) is 4. The first-order valence-electron chi connectivity index (χ1n) is 7.95. The number of hydrogen-bond donors (Lipinski definition) is 1. The van der Waals surface area contributed by atoms with Crippen molar-refractivity contribution in [2.24, 2.45) is 5.92 Å². The summed E-state index contributed by atoms with van der Waals surface area (Å²) in [6.45, 7) is 6.38. The maximum atomic E-state index is 4.15. The fraction of sp³-hybridized carbons (Fsp3) is 0.929. The summed E-state index contributed by atoms with van der Waals surface area (Å²) in [6.07, 6.45) is 7.84. The van der Waals surface area contributed by atoms with Crippen LogP contribution < -0.4 is 5.32 Å². The lowest BCUT2D eigenvalue weighted by atomic mass is 10.0. The molecule has 0 bridgehead atoms. The Bertz CT molecular complexity index is 377. The molecule has 1 fully saturated rings. The highest BCUT2D eigenvalue weighted by Crippen LogP contribution is 2.23. The van der Waals surface area contributed by atoms with Crippen molar-refractivity contribution in [2.45, 2.75) is 70.1 Å². The molecule has 0 radical (unpaired) electrons. The van der Waals surface area contributed by atoms with E-state index in [1.807, 2.05) is 16.4 Å². The van der Waals surface area contributed by atoms with Crippen LogP contribution in [0.4, 0.5) is 0 Å². The van der Waals surface area contributed by atoms with E-state index in [0.717, 1.165) is 36.0 Å². The van der Waals surface area contributed by atoms with E-state index < -0.39 is 0 Å². The molecule has 1 N–H and O–H groups in total. The zero-order chi connectivity index (χ0) is 14.2. The Labute approximate surface area is 126 Å². The lowest BCUT2D eigenvalue weighted by Crippen LogP contribution is -2.22. The number of tetrazole rings is 1. The second kappa shape index (κ2) is 8.62. The molecule has 0 amide bonds. The quantitative estimate of drug-likeness (QED) is 0.636.